The third-order valence-electron chi connectivity index (χ3n) is 4.09. The number of amides is 1. The molecule has 7 heteroatoms. The van der Waals surface area contributed by atoms with Crippen molar-refractivity contribution in [2.45, 2.75) is 6.54 Å². The summed E-state index contributed by atoms with van der Waals surface area (Å²) in [6, 6.07) is 11.7. The van der Waals surface area contributed by atoms with Crippen molar-refractivity contribution in [1.29, 1.82) is 0 Å². The highest BCUT2D eigenvalue weighted by atomic mass is 35.5. The van der Waals surface area contributed by atoms with Gasteiger partial charge in [0.1, 0.15) is 5.82 Å². The summed E-state index contributed by atoms with van der Waals surface area (Å²) in [5.74, 6) is -0.866. The van der Waals surface area contributed by atoms with E-state index in [1.165, 1.54) is 18.3 Å². The Bertz CT molecular complexity index is 770. The Labute approximate surface area is 156 Å². The van der Waals surface area contributed by atoms with Crippen molar-refractivity contribution in [3.8, 4) is 0 Å². The summed E-state index contributed by atoms with van der Waals surface area (Å²) in [5, 5.41) is 4.02. The molecule has 5 nitrogen and oxygen atoms in total. The molecule has 0 radical (unpaired) electrons. The van der Waals surface area contributed by atoms with Crippen LogP contribution in [-0.2, 0) is 11.3 Å². The van der Waals surface area contributed by atoms with Gasteiger partial charge in [0.25, 0.3) is 5.91 Å². The van der Waals surface area contributed by atoms with Gasteiger partial charge in [-0.1, -0.05) is 29.8 Å². The summed E-state index contributed by atoms with van der Waals surface area (Å²) in [5.41, 5.74) is 4.12. The first-order valence-electron chi connectivity index (χ1n) is 8.30. The van der Waals surface area contributed by atoms with Crippen LogP contribution in [0.25, 0.3) is 0 Å². The molecule has 1 saturated heterocycles. The van der Waals surface area contributed by atoms with Crippen molar-refractivity contribution in [3.63, 3.8) is 0 Å². The maximum atomic E-state index is 13.6. The molecule has 2 aromatic rings. The third-order valence-corrected chi connectivity index (χ3v) is 4.42. The first kappa shape index (κ1) is 18.5. The number of ether oxygens (including phenoxy) is 1. The fourth-order valence-electron chi connectivity index (χ4n) is 2.63. The predicted octanol–water partition coefficient (Wildman–Crippen LogP) is 3.08. The van der Waals surface area contributed by atoms with E-state index in [9.17, 15) is 9.18 Å². The number of halogens is 2. The molecule has 1 aliphatic rings. The van der Waals surface area contributed by atoms with Crippen molar-refractivity contribution in [3.05, 3.63) is 70.0 Å². The lowest BCUT2D eigenvalue weighted by Gasteiger charge is -2.26. The van der Waals surface area contributed by atoms with Gasteiger partial charge in [0.2, 0.25) is 0 Å². The monoisotopic (exact) mass is 375 g/mol. The molecule has 0 bridgehead atoms. The molecule has 0 aliphatic carbocycles. The van der Waals surface area contributed by atoms with Gasteiger partial charge in [-0.15, -0.1) is 0 Å². The van der Waals surface area contributed by atoms with E-state index >= 15 is 0 Å². The molecule has 1 aliphatic heterocycles. The minimum Gasteiger partial charge on any atom is -0.379 e. The van der Waals surface area contributed by atoms with Crippen LogP contribution < -0.4 is 5.43 Å². The molecule has 0 atom stereocenters. The summed E-state index contributed by atoms with van der Waals surface area (Å²) < 4.78 is 19.0. The quantitative estimate of drug-likeness (QED) is 0.645. The molecule has 3 rings (SSSR count). The first-order valence-corrected chi connectivity index (χ1v) is 8.68. The van der Waals surface area contributed by atoms with E-state index in [0.717, 1.165) is 38.4 Å². The van der Waals surface area contributed by atoms with Gasteiger partial charge >= 0.3 is 0 Å². The SMILES string of the molecule is O=C(N/N=C/c1c(F)cccc1Cl)c1ccc(CN2CCOCC2)cc1. The zero-order chi connectivity index (χ0) is 18.4. The van der Waals surface area contributed by atoms with Gasteiger partial charge in [-0.05, 0) is 29.8 Å². The van der Waals surface area contributed by atoms with Crippen LogP contribution in [0.5, 0.6) is 0 Å². The Morgan fingerprint density at radius 1 is 1.23 bits per heavy atom. The number of benzene rings is 2. The number of nitrogens with one attached hydrogen (secondary N) is 1. The summed E-state index contributed by atoms with van der Waals surface area (Å²) in [6.45, 7) is 4.16. The Balaban J connectivity index is 1.57. The number of morpholine rings is 1. The van der Waals surface area contributed by atoms with Crippen LogP contribution in [0, 0.1) is 5.82 Å². The lowest BCUT2D eigenvalue weighted by atomic mass is 10.1. The fourth-order valence-corrected chi connectivity index (χ4v) is 2.84. The smallest absolute Gasteiger partial charge is 0.271 e. The van der Waals surface area contributed by atoms with Gasteiger partial charge in [-0.3, -0.25) is 9.69 Å². The van der Waals surface area contributed by atoms with Crippen LogP contribution in [0.1, 0.15) is 21.5 Å². The average Bonchev–Trinajstić information content (AvgIpc) is 2.65. The van der Waals surface area contributed by atoms with Crippen LogP contribution in [0.3, 0.4) is 0 Å². The zero-order valence-corrected chi connectivity index (χ0v) is 14.9. The van der Waals surface area contributed by atoms with E-state index in [1.807, 2.05) is 12.1 Å². The molecule has 1 fully saturated rings. The van der Waals surface area contributed by atoms with Crippen LogP contribution >= 0.6 is 11.6 Å². The molecular formula is C19H19ClFN3O2. The van der Waals surface area contributed by atoms with E-state index in [0.29, 0.717) is 5.56 Å². The number of carbonyl (C=O) groups is 1. The Morgan fingerprint density at radius 3 is 2.65 bits per heavy atom. The standard InChI is InChI=1S/C19H19ClFN3O2/c20-17-2-1-3-18(21)16(17)12-22-23-19(25)15-6-4-14(5-7-15)13-24-8-10-26-11-9-24/h1-7,12H,8-11,13H2,(H,23,25)/b22-12+. The van der Waals surface area contributed by atoms with Crippen LogP contribution in [0.4, 0.5) is 4.39 Å². The molecule has 0 unspecified atom stereocenters. The summed E-state index contributed by atoms with van der Waals surface area (Å²) in [7, 11) is 0. The van der Waals surface area contributed by atoms with Crippen molar-refractivity contribution in [1.82, 2.24) is 10.3 Å². The van der Waals surface area contributed by atoms with Gasteiger partial charge in [-0.25, -0.2) is 9.82 Å². The zero-order valence-electron chi connectivity index (χ0n) is 14.1. The molecule has 26 heavy (non-hydrogen) atoms. The van der Waals surface area contributed by atoms with Crippen molar-refractivity contribution < 1.29 is 13.9 Å². The molecule has 2 aromatic carbocycles. The maximum Gasteiger partial charge on any atom is 0.271 e. The minimum atomic E-state index is -0.497. The topological polar surface area (TPSA) is 53.9 Å². The number of hydrogen-bond donors (Lipinski definition) is 1. The van der Waals surface area contributed by atoms with Crippen molar-refractivity contribution in [2.24, 2.45) is 5.10 Å². The third kappa shape index (κ3) is 4.88. The average molecular weight is 376 g/mol. The van der Waals surface area contributed by atoms with E-state index in [2.05, 4.69) is 15.4 Å². The lowest BCUT2D eigenvalue weighted by molar-refractivity contribution is 0.0342. The fraction of sp³-hybridized carbons (Fsp3) is 0.263. The van der Waals surface area contributed by atoms with E-state index < -0.39 is 5.82 Å². The summed E-state index contributed by atoms with van der Waals surface area (Å²) >= 11 is 5.90. The van der Waals surface area contributed by atoms with Crippen molar-refractivity contribution >= 4 is 23.7 Å². The molecule has 0 spiro atoms. The number of hydrazone groups is 1. The lowest BCUT2D eigenvalue weighted by Crippen LogP contribution is -2.35. The van der Waals surface area contributed by atoms with Crippen molar-refractivity contribution in [2.75, 3.05) is 26.3 Å². The molecule has 0 saturated carbocycles. The number of carbonyl (C=O) groups excluding carboxylic acids is 1. The molecule has 1 N–H and O–H groups in total. The number of nitrogens with zero attached hydrogens (tertiary/aromatic N) is 2. The Morgan fingerprint density at radius 2 is 1.96 bits per heavy atom. The van der Waals surface area contributed by atoms with E-state index in [4.69, 9.17) is 16.3 Å². The van der Waals surface area contributed by atoms with Gasteiger partial charge < -0.3 is 4.74 Å². The Hall–Kier alpha value is -2.28. The second-order valence-corrected chi connectivity index (χ2v) is 6.33. The van der Waals surface area contributed by atoms with Gasteiger partial charge in [-0.2, -0.15) is 5.10 Å². The van der Waals surface area contributed by atoms with Crippen LogP contribution in [0.15, 0.2) is 47.6 Å². The summed E-state index contributed by atoms with van der Waals surface area (Å²) in [4.78, 5) is 14.4. The highest BCUT2D eigenvalue weighted by Gasteiger charge is 2.11. The summed E-state index contributed by atoms with van der Waals surface area (Å²) in [6.07, 6.45) is 1.20. The second-order valence-electron chi connectivity index (χ2n) is 5.92. The van der Waals surface area contributed by atoms with Gasteiger partial charge in [0.15, 0.2) is 0 Å². The van der Waals surface area contributed by atoms with Gasteiger partial charge in [0.05, 0.1) is 24.5 Å². The molecule has 0 aromatic heterocycles. The van der Waals surface area contributed by atoms with Gasteiger partial charge in [0, 0.05) is 30.8 Å². The highest BCUT2D eigenvalue weighted by molar-refractivity contribution is 6.33. The Kier molecular flexibility index (Phi) is 6.33. The number of rotatable bonds is 5. The number of hydrogen-bond acceptors (Lipinski definition) is 4. The normalized spacial score (nSPS) is 15.3. The molecule has 1 heterocycles. The maximum absolute atomic E-state index is 13.6. The van der Waals surface area contributed by atoms with Crippen LogP contribution in [0.2, 0.25) is 5.02 Å². The first-order chi connectivity index (χ1) is 12.6. The molecular weight excluding hydrogens is 357 g/mol. The second kappa shape index (κ2) is 8.89. The molecule has 1 amide bonds. The predicted molar refractivity (Wildman–Crippen MR) is 99.0 cm³/mol. The minimum absolute atomic E-state index is 0.135. The largest absolute Gasteiger partial charge is 0.379 e. The highest BCUT2D eigenvalue weighted by Crippen LogP contribution is 2.16. The van der Waals surface area contributed by atoms with Crippen LogP contribution in [-0.4, -0.2) is 43.3 Å². The molecule has 136 valence electrons. The van der Waals surface area contributed by atoms with E-state index in [1.54, 1.807) is 18.2 Å². The van der Waals surface area contributed by atoms with E-state index in [-0.39, 0.29) is 16.5 Å².